The van der Waals surface area contributed by atoms with Gasteiger partial charge in [0.1, 0.15) is 6.33 Å². The summed E-state index contributed by atoms with van der Waals surface area (Å²) in [7, 11) is 0. The fraction of sp³-hybridized carbons (Fsp3) is 0.0714. The Bertz CT molecular complexity index is 682. The predicted molar refractivity (Wildman–Crippen MR) is 77.4 cm³/mol. The highest BCUT2D eigenvalue weighted by Gasteiger charge is 2.08. The van der Waals surface area contributed by atoms with E-state index in [1.165, 1.54) is 6.33 Å². The molecule has 3 rings (SSSR count). The molecule has 0 spiro atoms. The zero-order chi connectivity index (χ0) is 13.1. The summed E-state index contributed by atoms with van der Waals surface area (Å²) in [4.78, 5) is 12.7. The fourth-order valence-electron chi connectivity index (χ4n) is 1.74. The topological polar surface area (TPSA) is 38.7 Å². The lowest BCUT2D eigenvalue weighted by Gasteiger charge is -1.99. The summed E-state index contributed by atoms with van der Waals surface area (Å²) in [6.45, 7) is 0. The van der Waals surface area contributed by atoms with Gasteiger partial charge in [0.2, 0.25) is 0 Å². The SMILES string of the molecule is Clc1cncnc1Cc1nc(-c2ccccc2)cs1. The van der Waals surface area contributed by atoms with Crippen LogP contribution in [0.3, 0.4) is 0 Å². The highest BCUT2D eigenvalue weighted by molar-refractivity contribution is 7.10. The van der Waals surface area contributed by atoms with Crippen LogP contribution >= 0.6 is 22.9 Å². The summed E-state index contributed by atoms with van der Waals surface area (Å²) in [6, 6.07) is 10.1. The van der Waals surface area contributed by atoms with Crippen LogP contribution in [-0.2, 0) is 6.42 Å². The summed E-state index contributed by atoms with van der Waals surface area (Å²) >= 11 is 7.67. The second-order valence-electron chi connectivity index (χ2n) is 3.99. The average molecular weight is 288 g/mol. The molecule has 0 saturated heterocycles. The van der Waals surface area contributed by atoms with Crippen LogP contribution in [0, 0.1) is 0 Å². The lowest BCUT2D eigenvalue weighted by molar-refractivity contribution is 1.01. The Balaban J connectivity index is 1.85. The Morgan fingerprint density at radius 2 is 2.00 bits per heavy atom. The van der Waals surface area contributed by atoms with E-state index in [1.807, 2.05) is 18.2 Å². The summed E-state index contributed by atoms with van der Waals surface area (Å²) < 4.78 is 0. The molecule has 0 aliphatic rings. The van der Waals surface area contributed by atoms with Crippen molar-refractivity contribution >= 4 is 22.9 Å². The normalized spacial score (nSPS) is 10.6. The van der Waals surface area contributed by atoms with E-state index in [4.69, 9.17) is 11.6 Å². The second-order valence-corrected chi connectivity index (χ2v) is 5.34. The first-order chi connectivity index (χ1) is 9.33. The van der Waals surface area contributed by atoms with Gasteiger partial charge in [-0.05, 0) is 0 Å². The van der Waals surface area contributed by atoms with Gasteiger partial charge in [0.25, 0.3) is 0 Å². The number of thiazole rings is 1. The van der Waals surface area contributed by atoms with E-state index in [0.29, 0.717) is 11.4 Å². The second kappa shape index (κ2) is 5.47. The quantitative estimate of drug-likeness (QED) is 0.734. The molecule has 3 aromatic rings. The van der Waals surface area contributed by atoms with Gasteiger partial charge < -0.3 is 0 Å². The van der Waals surface area contributed by atoms with Crippen LogP contribution in [0.2, 0.25) is 5.02 Å². The van der Waals surface area contributed by atoms with E-state index >= 15 is 0 Å². The van der Waals surface area contributed by atoms with E-state index in [-0.39, 0.29) is 0 Å². The first kappa shape index (κ1) is 12.3. The standard InChI is InChI=1S/C14H10ClN3S/c15-11-7-16-9-17-12(11)6-14-18-13(8-19-14)10-4-2-1-3-5-10/h1-5,7-9H,6H2. The molecular weight excluding hydrogens is 278 g/mol. The number of hydrogen-bond acceptors (Lipinski definition) is 4. The van der Waals surface area contributed by atoms with Crippen LogP contribution in [0.4, 0.5) is 0 Å². The predicted octanol–water partition coefficient (Wildman–Crippen LogP) is 3.84. The van der Waals surface area contributed by atoms with Crippen LogP contribution in [0.1, 0.15) is 10.7 Å². The first-order valence-corrected chi connectivity index (χ1v) is 7.03. The molecular formula is C14H10ClN3S. The molecule has 19 heavy (non-hydrogen) atoms. The molecule has 0 bridgehead atoms. The molecule has 0 saturated carbocycles. The van der Waals surface area contributed by atoms with Crippen LogP contribution in [-0.4, -0.2) is 15.0 Å². The van der Waals surface area contributed by atoms with E-state index in [2.05, 4.69) is 32.5 Å². The Kier molecular flexibility index (Phi) is 3.53. The Morgan fingerprint density at radius 3 is 2.79 bits per heavy atom. The van der Waals surface area contributed by atoms with E-state index in [0.717, 1.165) is 22.0 Å². The third-order valence-electron chi connectivity index (χ3n) is 2.68. The van der Waals surface area contributed by atoms with Crippen molar-refractivity contribution in [3.05, 3.63) is 64.0 Å². The molecule has 1 aromatic carbocycles. The van der Waals surface area contributed by atoms with Crippen LogP contribution in [0.15, 0.2) is 48.2 Å². The van der Waals surface area contributed by atoms with Crippen molar-refractivity contribution in [3.8, 4) is 11.3 Å². The minimum Gasteiger partial charge on any atom is -0.243 e. The van der Waals surface area contributed by atoms with Crippen LogP contribution in [0.5, 0.6) is 0 Å². The molecule has 0 unspecified atom stereocenters. The number of halogens is 1. The molecule has 0 aliphatic carbocycles. The summed E-state index contributed by atoms with van der Waals surface area (Å²) in [5.74, 6) is 0. The van der Waals surface area contributed by atoms with Gasteiger partial charge in [0.05, 0.1) is 21.4 Å². The molecule has 3 nitrogen and oxygen atoms in total. The molecule has 0 aliphatic heterocycles. The lowest BCUT2D eigenvalue weighted by atomic mass is 10.2. The van der Waals surface area contributed by atoms with Crippen LogP contribution < -0.4 is 0 Å². The molecule has 0 radical (unpaired) electrons. The highest BCUT2D eigenvalue weighted by atomic mass is 35.5. The summed E-state index contributed by atoms with van der Waals surface area (Å²) in [5, 5.41) is 3.64. The maximum Gasteiger partial charge on any atom is 0.115 e. The number of aromatic nitrogens is 3. The van der Waals surface area contributed by atoms with Gasteiger partial charge in [-0.1, -0.05) is 41.9 Å². The largest absolute Gasteiger partial charge is 0.243 e. The Hall–Kier alpha value is -1.78. The average Bonchev–Trinajstić information content (AvgIpc) is 2.91. The van der Waals surface area contributed by atoms with Gasteiger partial charge in [-0.3, -0.25) is 0 Å². The fourth-order valence-corrected chi connectivity index (χ4v) is 2.72. The van der Waals surface area contributed by atoms with Gasteiger partial charge >= 0.3 is 0 Å². The van der Waals surface area contributed by atoms with Crippen molar-refractivity contribution in [2.75, 3.05) is 0 Å². The lowest BCUT2D eigenvalue weighted by Crippen LogP contribution is -1.93. The van der Waals surface area contributed by atoms with Crippen molar-refractivity contribution in [3.63, 3.8) is 0 Å². The van der Waals surface area contributed by atoms with Crippen molar-refractivity contribution in [2.24, 2.45) is 0 Å². The molecule has 2 aromatic heterocycles. The molecule has 2 heterocycles. The number of rotatable bonds is 3. The minimum absolute atomic E-state index is 0.582. The smallest absolute Gasteiger partial charge is 0.115 e. The van der Waals surface area contributed by atoms with Crippen molar-refractivity contribution in [2.45, 2.75) is 6.42 Å². The maximum absolute atomic E-state index is 6.05. The van der Waals surface area contributed by atoms with Gasteiger partial charge in [-0.15, -0.1) is 11.3 Å². The van der Waals surface area contributed by atoms with E-state index < -0.39 is 0 Å². The number of hydrogen-bond donors (Lipinski definition) is 0. The van der Waals surface area contributed by atoms with Crippen molar-refractivity contribution in [1.29, 1.82) is 0 Å². The molecule has 0 N–H and O–H groups in total. The third kappa shape index (κ3) is 2.80. The molecule has 0 fully saturated rings. The van der Waals surface area contributed by atoms with Gasteiger partial charge in [0.15, 0.2) is 0 Å². The molecule has 0 atom stereocenters. The zero-order valence-electron chi connectivity index (χ0n) is 9.95. The Morgan fingerprint density at radius 1 is 1.16 bits per heavy atom. The minimum atomic E-state index is 0.582. The van der Waals surface area contributed by atoms with E-state index in [1.54, 1.807) is 17.5 Å². The van der Waals surface area contributed by atoms with Gasteiger partial charge in [-0.25, -0.2) is 15.0 Å². The molecule has 94 valence electrons. The number of nitrogens with zero attached hydrogens (tertiary/aromatic N) is 3. The van der Waals surface area contributed by atoms with E-state index in [9.17, 15) is 0 Å². The van der Waals surface area contributed by atoms with Gasteiger partial charge in [0, 0.05) is 23.6 Å². The van der Waals surface area contributed by atoms with Crippen molar-refractivity contribution in [1.82, 2.24) is 15.0 Å². The molecule has 0 amide bonds. The summed E-state index contributed by atoms with van der Waals surface area (Å²) in [5.41, 5.74) is 2.93. The highest BCUT2D eigenvalue weighted by Crippen LogP contribution is 2.24. The zero-order valence-corrected chi connectivity index (χ0v) is 11.5. The molecule has 5 heteroatoms. The van der Waals surface area contributed by atoms with Crippen molar-refractivity contribution < 1.29 is 0 Å². The maximum atomic E-state index is 6.05. The first-order valence-electron chi connectivity index (χ1n) is 5.77. The monoisotopic (exact) mass is 287 g/mol. The third-order valence-corrected chi connectivity index (χ3v) is 3.85. The summed E-state index contributed by atoms with van der Waals surface area (Å²) in [6.07, 6.45) is 3.75. The van der Waals surface area contributed by atoms with Crippen LogP contribution in [0.25, 0.3) is 11.3 Å². The number of benzene rings is 1. The Labute approximate surface area is 120 Å². The van der Waals surface area contributed by atoms with Gasteiger partial charge in [-0.2, -0.15) is 0 Å².